The van der Waals surface area contributed by atoms with Gasteiger partial charge in [0.25, 0.3) is 0 Å². The number of hydrogen-bond acceptors (Lipinski definition) is 3. The number of carboxylic acid groups (broad SMARTS) is 1. The quantitative estimate of drug-likeness (QED) is 0.869. The topological polar surface area (TPSA) is 55.8 Å². The fourth-order valence-electron chi connectivity index (χ4n) is 3.34. The zero-order valence-corrected chi connectivity index (χ0v) is 13.5. The molecule has 1 N–H and O–H groups in total. The lowest BCUT2D eigenvalue weighted by Crippen LogP contribution is -2.57. The minimum absolute atomic E-state index is 0.0243. The van der Waals surface area contributed by atoms with Crippen LogP contribution in [0.25, 0.3) is 6.08 Å². The van der Waals surface area contributed by atoms with Crippen LogP contribution in [0, 0.1) is 5.92 Å². The maximum atomic E-state index is 13.9. The molecule has 0 amide bonds. The number of ether oxygens (including phenoxy) is 2. The van der Waals surface area contributed by atoms with Gasteiger partial charge >= 0.3 is 17.9 Å². The predicted molar refractivity (Wildman–Crippen MR) is 84.0 cm³/mol. The van der Waals surface area contributed by atoms with Crippen LogP contribution >= 0.6 is 0 Å². The summed E-state index contributed by atoms with van der Waals surface area (Å²) in [5.41, 5.74) is -0.671. The van der Waals surface area contributed by atoms with Crippen molar-refractivity contribution in [3.63, 3.8) is 0 Å². The molecule has 1 aliphatic heterocycles. The highest BCUT2D eigenvalue weighted by Gasteiger charge is 2.65. The number of carbonyl (C=O) groups is 1. The Balaban J connectivity index is 1.97. The summed E-state index contributed by atoms with van der Waals surface area (Å²) in [4.78, 5) is 11.5. The summed E-state index contributed by atoms with van der Waals surface area (Å²) < 4.78 is 52.1. The number of fused-ring (bicyclic) bond motifs is 1. The number of halogens is 3. The standard InChI is InChI=1S/C18H19F3O4/c19-18(20,21)17(24-11-12-6-2-1-3-7-12)14(16(22)23)10-13-8-4-5-9-15(13)25-17/h4-5,8-10,12H,1-3,6-7,11H2,(H,22,23). The second-order valence-corrected chi connectivity index (χ2v) is 6.43. The van der Waals surface area contributed by atoms with Crippen LogP contribution in [0.15, 0.2) is 29.8 Å². The summed E-state index contributed by atoms with van der Waals surface area (Å²) >= 11 is 0. The number of aliphatic carboxylic acids is 1. The van der Waals surface area contributed by atoms with Crippen molar-refractivity contribution >= 4 is 12.0 Å². The lowest BCUT2D eigenvalue weighted by Gasteiger charge is -2.39. The van der Waals surface area contributed by atoms with Crippen LogP contribution in [0.2, 0.25) is 0 Å². The Morgan fingerprint density at radius 2 is 1.92 bits per heavy atom. The Morgan fingerprint density at radius 1 is 1.24 bits per heavy atom. The van der Waals surface area contributed by atoms with Crippen molar-refractivity contribution in [1.82, 2.24) is 0 Å². The predicted octanol–water partition coefficient (Wildman–Crippen LogP) is 4.40. The number of para-hydroxylation sites is 1. The zero-order valence-electron chi connectivity index (χ0n) is 13.5. The molecule has 25 heavy (non-hydrogen) atoms. The van der Waals surface area contributed by atoms with Gasteiger partial charge in [0, 0.05) is 5.56 Å². The largest absolute Gasteiger partial charge is 0.478 e. The summed E-state index contributed by atoms with van der Waals surface area (Å²) in [6, 6.07) is 6.00. The van der Waals surface area contributed by atoms with Crippen LogP contribution < -0.4 is 4.74 Å². The maximum Gasteiger partial charge on any atom is 0.460 e. The summed E-state index contributed by atoms with van der Waals surface area (Å²) in [6.07, 6.45) is 0.448. The average Bonchev–Trinajstić information content (AvgIpc) is 2.59. The van der Waals surface area contributed by atoms with E-state index in [0.29, 0.717) is 0 Å². The van der Waals surface area contributed by atoms with Crippen molar-refractivity contribution in [3.05, 3.63) is 35.4 Å². The molecular formula is C18H19F3O4. The molecule has 1 aromatic rings. The van der Waals surface area contributed by atoms with E-state index in [1.807, 2.05) is 0 Å². The Hall–Kier alpha value is -2.02. The molecule has 1 saturated carbocycles. The summed E-state index contributed by atoms with van der Waals surface area (Å²) in [5.74, 6) is -5.07. The molecule has 2 aliphatic rings. The van der Waals surface area contributed by atoms with Crippen molar-refractivity contribution in [2.24, 2.45) is 5.92 Å². The van der Waals surface area contributed by atoms with Crippen molar-refractivity contribution < 1.29 is 32.5 Å². The van der Waals surface area contributed by atoms with Crippen LogP contribution in [0.5, 0.6) is 5.75 Å². The van der Waals surface area contributed by atoms with E-state index < -0.39 is 23.5 Å². The Kier molecular flexibility index (Phi) is 4.77. The van der Waals surface area contributed by atoms with Gasteiger partial charge in [-0.1, -0.05) is 37.5 Å². The van der Waals surface area contributed by atoms with Crippen molar-refractivity contribution in [1.29, 1.82) is 0 Å². The molecule has 136 valence electrons. The lowest BCUT2D eigenvalue weighted by molar-refractivity contribution is -0.336. The Labute approximate surface area is 143 Å². The van der Waals surface area contributed by atoms with Crippen LogP contribution in [0.4, 0.5) is 13.2 Å². The third-order valence-electron chi connectivity index (χ3n) is 4.68. The molecule has 1 heterocycles. The first-order chi connectivity index (χ1) is 11.8. The molecule has 1 atom stereocenters. The highest BCUT2D eigenvalue weighted by Crippen LogP contribution is 2.46. The first kappa shape index (κ1) is 17.8. The van der Waals surface area contributed by atoms with Gasteiger partial charge in [0.05, 0.1) is 6.61 Å². The Morgan fingerprint density at radius 3 is 2.56 bits per heavy atom. The average molecular weight is 356 g/mol. The second kappa shape index (κ2) is 6.71. The van der Waals surface area contributed by atoms with Crippen LogP contribution in [-0.4, -0.2) is 29.6 Å². The van der Waals surface area contributed by atoms with Gasteiger partial charge in [0.2, 0.25) is 0 Å². The highest BCUT2D eigenvalue weighted by molar-refractivity contribution is 5.95. The molecule has 0 saturated heterocycles. The molecule has 0 aromatic heterocycles. The van der Waals surface area contributed by atoms with Crippen molar-refractivity contribution in [2.75, 3.05) is 6.61 Å². The third kappa shape index (κ3) is 3.38. The molecule has 1 aromatic carbocycles. The fourth-order valence-corrected chi connectivity index (χ4v) is 3.34. The van der Waals surface area contributed by atoms with Gasteiger partial charge in [-0.15, -0.1) is 0 Å². The molecule has 1 fully saturated rings. The first-order valence-corrected chi connectivity index (χ1v) is 8.28. The van der Waals surface area contributed by atoms with Crippen molar-refractivity contribution in [2.45, 2.75) is 44.1 Å². The van der Waals surface area contributed by atoms with Crippen molar-refractivity contribution in [3.8, 4) is 5.75 Å². The molecule has 4 nitrogen and oxygen atoms in total. The van der Waals surface area contributed by atoms with E-state index in [0.717, 1.165) is 38.2 Å². The Bertz CT molecular complexity index is 677. The maximum absolute atomic E-state index is 13.9. The van der Waals surface area contributed by atoms with Gasteiger partial charge in [-0.3, -0.25) is 0 Å². The number of alkyl halides is 3. The monoisotopic (exact) mass is 356 g/mol. The smallest absolute Gasteiger partial charge is 0.460 e. The molecule has 0 radical (unpaired) electrons. The van der Waals surface area contributed by atoms with Crippen LogP contribution in [-0.2, 0) is 9.53 Å². The molecular weight excluding hydrogens is 337 g/mol. The van der Waals surface area contributed by atoms with Crippen LogP contribution in [0.3, 0.4) is 0 Å². The zero-order chi connectivity index (χ0) is 18.1. The summed E-state index contributed by atoms with van der Waals surface area (Å²) in [5, 5.41) is 9.37. The summed E-state index contributed by atoms with van der Waals surface area (Å²) in [6.45, 7) is -0.188. The number of hydrogen-bond donors (Lipinski definition) is 1. The number of rotatable bonds is 4. The fraction of sp³-hybridized carbons (Fsp3) is 0.500. The molecule has 3 rings (SSSR count). The van der Waals surface area contributed by atoms with E-state index in [2.05, 4.69) is 0 Å². The van der Waals surface area contributed by atoms with Gasteiger partial charge in [-0.05, 0) is 30.9 Å². The third-order valence-corrected chi connectivity index (χ3v) is 4.68. The summed E-state index contributed by atoms with van der Waals surface area (Å²) in [7, 11) is 0. The SMILES string of the molecule is O=C(O)C1=Cc2ccccc2OC1(OCC1CCCCC1)C(F)(F)F. The molecule has 7 heteroatoms. The van der Waals surface area contributed by atoms with E-state index in [1.165, 1.54) is 18.2 Å². The molecule has 0 bridgehead atoms. The van der Waals surface area contributed by atoms with E-state index in [1.54, 1.807) is 6.07 Å². The minimum Gasteiger partial charge on any atom is -0.478 e. The van der Waals surface area contributed by atoms with Gasteiger partial charge in [-0.2, -0.15) is 13.2 Å². The van der Waals surface area contributed by atoms with Gasteiger partial charge in [0.1, 0.15) is 11.3 Å². The van der Waals surface area contributed by atoms with E-state index >= 15 is 0 Å². The lowest BCUT2D eigenvalue weighted by atomic mass is 9.89. The molecule has 0 spiro atoms. The molecule has 1 unspecified atom stereocenters. The molecule has 1 aliphatic carbocycles. The van der Waals surface area contributed by atoms with Gasteiger partial charge in [-0.25, -0.2) is 4.79 Å². The normalized spacial score (nSPS) is 24.2. The highest BCUT2D eigenvalue weighted by atomic mass is 19.4. The van der Waals surface area contributed by atoms with Gasteiger partial charge in [0.15, 0.2) is 0 Å². The second-order valence-electron chi connectivity index (χ2n) is 6.43. The van der Waals surface area contributed by atoms with Crippen LogP contribution in [0.1, 0.15) is 37.7 Å². The van der Waals surface area contributed by atoms with E-state index in [4.69, 9.17) is 9.47 Å². The number of benzene rings is 1. The van der Waals surface area contributed by atoms with E-state index in [-0.39, 0.29) is 23.8 Å². The number of carboxylic acids is 1. The van der Waals surface area contributed by atoms with E-state index in [9.17, 15) is 23.1 Å². The minimum atomic E-state index is -5.03. The van der Waals surface area contributed by atoms with Gasteiger partial charge < -0.3 is 14.6 Å². The first-order valence-electron chi connectivity index (χ1n) is 8.28.